The summed E-state index contributed by atoms with van der Waals surface area (Å²) >= 11 is 1.50. The minimum Gasteiger partial charge on any atom is -0.312 e. The van der Waals surface area contributed by atoms with E-state index in [1.165, 1.54) is 23.3 Å². The number of benzene rings is 3. The van der Waals surface area contributed by atoms with Crippen molar-refractivity contribution in [1.82, 2.24) is 4.98 Å². The Morgan fingerprint density at radius 2 is 1.59 bits per heavy atom. The average molecular weight is 536 g/mol. The number of amides is 2. The van der Waals surface area contributed by atoms with Crippen LogP contribution in [-0.2, 0) is 16.0 Å². The number of aryl methyl sites for hydroxylation is 1. The molecule has 0 saturated heterocycles. The fourth-order valence-electron chi connectivity index (χ4n) is 6.03. The van der Waals surface area contributed by atoms with E-state index >= 15 is 0 Å². The number of rotatable bonds is 6. The number of nitrogens with one attached hydrogen (secondary N) is 1. The van der Waals surface area contributed by atoms with Crippen LogP contribution in [0.2, 0.25) is 0 Å². The van der Waals surface area contributed by atoms with Crippen molar-refractivity contribution in [2.24, 2.45) is 5.92 Å². The molecule has 0 unspecified atom stereocenters. The Morgan fingerprint density at radius 1 is 0.923 bits per heavy atom. The summed E-state index contributed by atoms with van der Waals surface area (Å²) in [4.78, 5) is 34.7. The van der Waals surface area contributed by atoms with E-state index in [0.29, 0.717) is 11.0 Å². The lowest BCUT2D eigenvalue weighted by molar-refractivity contribution is -0.123. The summed E-state index contributed by atoms with van der Waals surface area (Å²) in [6, 6.07) is 26.0. The molecular weight excluding hydrogens is 502 g/mol. The second kappa shape index (κ2) is 11.1. The molecule has 39 heavy (non-hydrogen) atoms. The summed E-state index contributed by atoms with van der Waals surface area (Å²) in [5.74, 6) is -0.0550. The summed E-state index contributed by atoms with van der Waals surface area (Å²) in [5, 5.41) is 3.69. The Kier molecular flexibility index (Phi) is 7.29. The van der Waals surface area contributed by atoms with E-state index in [-0.39, 0.29) is 11.8 Å². The van der Waals surface area contributed by atoms with Gasteiger partial charge in [0.05, 0.1) is 11.6 Å². The molecule has 1 aromatic heterocycles. The van der Waals surface area contributed by atoms with Crippen LogP contribution in [0.15, 0.2) is 78.9 Å². The average Bonchev–Trinajstić information content (AvgIpc) is 3.57. The molecule has 1 N–H and O–H groups in total. The van der Waals surface area contributed by atoms with Gasteiger partial charge < -0.3 is 10.2 Å². The minimum atomic E-state index is -0.423. The van der Waals surface area contributed by atoms with Gasteiger partial charge in [-0.2, -0.15) is 0 Å². The molecule has 1 fully saturated rings. The molecule has 4 aromatic rings. The molecule has 0 spiro atoms. The van der Waals surface area contributed by atoms with E-state index in [1.54, 1.807) is 0 Å². The van der Waals surface area contributed by atoms with Crippen LogP contribution >= 0.6 is 11.3 Å². The molecule has 3 aromatic carbocycles. The highest BCUT2D eigenvalue weighted by Crippen LogP contribution is 2.38. The molecular formula is C33H33N3O2S. The van der Waals surface area contributed by atoms with Gasteiger partial charge in [0.2, 0.25) is 11.8 Å². The fourth-order valence-corrected chi connectivity index (χ4v) is 6.87. The predicted molar refractivity (Wildman–Crippen MR) is 158 cm³/mol. The molecule has 0 bridgehead atoms. The Morgan fingerprint density at radius 3 is 2.26 bits per heavy atom. The van der Waals surface area contributed by atoms with Crippen LogP contribution in [0.3, 0.4) is 0 Å². The third-order valence-electron chi connectivity index (χ3n) is 8.02. The summed E-state index contributed by atoms with van der Waals surface area (Å²) in [6.45, 7) is 2.80. The lowest BCUT2D eigenvalue weighted by Gasteiger charge is -2.26. The zero-order valence-electron chi connectivity index (χ0n) is 22.2. The number of hydrogen-bond acceptors (Lipinski definition) is 4. The van der Waals surface area contributed by atoms with Gasteiger partial charge in [-0.1, -0.05) is 86.0 Å². The van der Waals surface area contributed by atoms with E-state index in [1.807, 2.05) is 72.5 Å². The van der Waals surface area contributed by atoms with E-state index in [9.17, 15) is 9.59 Å². The van der Waals surface area contributed by atoms with Crippen LogP contribution in [0.1, 0.15) is 59.6 Å². The van der Waals surface area contributed by atoms with Crippen molar-refractivity contribution in [3.63, 3.8) is 0 Å². The van der Waals surface area contributed by atoms with Gasteiger partial charge in [0.15, 0.2) is 5.13 Å². The van der Waals surface area contributed by atoms with Gasteiger partial charge in [-0.05, 0) is 55.0 Å². The molecule has 198 valence electrons. The van der Waals surface area contributed by atoms with Gasteiger partial charge in [0.1, 0.15) is 0 Å². The summed E-state index contributed by atoms with van der Waals surface area (Å²) in [6.07, 6.45) is 6.48. The quantitative estimate of drug-likeness (QED) is 0.281. The molecule has 0 radical (unpaired) electrons. The van der Waals surface area contributed by atoms with Crippen LogP contribution in [-0.4, -0.2) is 23.3 Å². The molecule has 2 amide bonds. The predicted octanol–water partition coefficient (Wildman–Crippen LogP) is 7.36. The second-order valence-electron chi connectivity index (χ2n) is 10.6. The van der Waals surface area contributed by atoms with Crippen molar-refractivity contribution in [2.75, 3.05) is 16.8 Å². The van der Waals surface area contributed by atoms with Crippen LogP contribution in [0.25, 0.3) is 11.3 Å². The largest absolute Gasteiger partial charge is 0.312 e. The minimum absolute atomic E-state index is 0.0986. The third kappa shape index (κ3) is 5.26. The molecule has 0 atom stereocenters. The first-order chi connectivity index (χ1) is 19.1. The first kappa shape index (κ1) is 25.5. The molecule has 1 aliphatic carbocycles. The van der Waals surface area contributed by atoms with Crippen molar-refractivity contribution in [1.29, 1.82) is 0 Å². The van der Waals surface area contributed by atoms with E-state index in [4.69, 9.17) is 4.98 Å². The van der Waals surface area contributed by atoms with Gasteiger partial charge in [-0.3, -0.25) is 9.59 Å². The number of carbonyl (C=O) groups is 2. The number of anilines is 2. The fraction of sp³-hybridized carbons (Fsp3) is 0.303. The van der Waals surface area contributed by atoms with Crippen molar-refractivity contribution < 1.29 is 9.59 Å². The number of hydrogen-bond donors (Lipinski definition) is 1. The summed E-state index contributed by atoms with van der Waals surface area (Å²) in [5.41, 5.74) is 6.04. The van der Waals surface area contributed by atoms with Crippen molar-refractivity contribution >= 4 is 34.0 Å². The first-order valence-corrected chi connectivity index (χ1v) is 14.7. The number of aromatic nitrogens is 1. The van der Waals surface area contributed by atoms with Gasteiger partial charge in [0.25, 0.3) is 0 Å². The molecule has 2 aliphatic rings. The second-order valence-corrected chi connectivity index (χ2v) is 11.8. The number of thiazole rings is 1. The number of carbonyl (C=O) groups excluding carboxylic acids is 2. The van der Waals surface area contributed by atoms with Crippen LogP contribution in [0.5, 0.6) is 0 Å². The van der Waals surface area contributed by atoms with Crippen LogP contribution in [0, 0.1) is 12.8 Å². The summed E-state index contributed by atoms with van der Waals surface area (Å²) < 4.78 is 0. The van der Waals surface area contributed by atoms with Gasteiger partial charge in [0, 0.05) is 28.6 Å². The Bertz CT molecular complexity index is 1440. The zero-order chi connectivity index (χ0) is 26.8. The molecule has 5 nitrogen and oxygen atoms in total. The van der Waals surface area contributed by atoms with Crippen molar-refractivity contribution in [3.8, 4) is 11.3 Å². The maximum atomic E-state index is 13.6. The van der Waals surface area contributed by atoms with Crippen molar-refractivity contribution in [3.05, 3.63) is 100 Å². The summed E-state index contributed by atoms with van der Waals surface area (Å²) in [7, 11) is 0. The molecule has 6 heteroatoms. The zero-order valence-corrected chi connectivity index (χ0v) is 23.0. The molecule has 1 saturated carbocycles. The first-order valence-electron chi connectivity index (χ1n) is 13.9. The van der Waals surface area contributed by atoms with Gasteiger partial charge in [-0.15, -0.1) is 11.3 Å². The highest BCUT2D eigenvalue weighted by Gasteiger charge is 2.31. The van der Waals surface area contributed by atoms with Crippen LogP contribution < -0.4 is 10.2 Å². The maximum Gasteiger partial charge on any atom is 0.238 e. The van der Waals surface area contributed by atoms with E-state index in [0.717, 1.165) is 71.6 Å². The highest BCUT2D eigenvalue weighted by molar-refractivity contribution is 7.16. The Hall–Kier alpha value is -3.77. The topological polar surface area (TPSA) is 62.3 Å². The van der Waals surface area contributed by atoms with Gasteiger partial charge in [-0.25, -0.2) is 4.98 Å². The lowest BCUT2D eigenvalue weighted by Crippen LogP contribution is -2.35. The monoisotopic (exact) mass is 535 g/mol. The smallest absolute Gasteiger partial charge is 0.238 e. The Labute approximate surface area is 233 Å². The van der Waals surface area contributed by atoms with E-state index in [2.05, 4.69) is 23.5 Å². The number of nitrogens with zero attached hydrogens (tertiary/aromatic N) is 2. The normalized spacial score (nSPS) is 15.4. The Balaban J connectivity index is 1.22. The van der Waals surface area contributed by atoms with Crippen molar-refractivity contribution in [2.45, 2.75) is 51.4 Å². The molecule has 6 rings (SSSR count). The van der Waals surface area contributed by atoms with Gasteiger partial charge >= 0.3 is 0 Å². The maximum absolute atomic E-state index is 13.6. The third-order valence-corrected chi connectivity index (χ3v) is 8.91. The number of fused-ring (bicyclic) bond motifs is 1. The molecule has 2 heterocycles. The highest BCUT2D eigenvalue weighted by atomic mass is 32.1. The van der Waals surface area contributed by atoms with Crippen LogP contribution in [0.4, 0.5) is 10.8 Å². The lowest BCUT2D eigenvalue weighted by atomic mass is 9.88. The van der Waals surface area contributed by atoms with E-state index < -0.39 is 5.92 Å². The molecule has 1 aliphatic heterocycles. The standard InChI is InChI=1S/C33H33N3O2S/c1-22-30(27-17-18-28-26(21-27)19-20-36(28)32(38)25-15-9-4-10-16-25)34-33(39-22)35-31(37)29(23-11-5-2-6-12-23)24-13-7-3-8-14-24/h2-3,5-8,11-14,17-18,21,25,29H,4,9-10,15-16,19-20H2,1H3,(H,34,35,37). The SMILES string of the molecule is Cc1sc(NC(=O)C(c2ccccc2)c2ccccc2)nc1-c1ccc2c(c1)CCN2C(=O)C1CCCCC1.